The number of aliphatic hydroxyl groups is 4. The Kier molecular flexibility index (Phi) is 16.0. The van der Waals surface area contributed by atoms with Crippen molar-refractivity contribution >= 4 is 22.9 Å². The number of rotatable bonds is 11. The van der Waals surface area contributed by atoms with E-state index in [1.807, 2.05) is 6.92 Å². The van der Waals surface area contributed by atoms with Crippen molar-refractivity contribution in [3.8, 4) is 5.75 Å². The molecule has 12 nitrogen and oxygen atoms in total. The number of ether oxygens (including phenoxy) is 4. The zero-order valence-corrected chi connectivity index (χ0v) is 45.3. The van der Waals surface area contributed by atoms with Crippen LogP contribution >= 0.6 is 0 Å². The highest BCUT2D eigenvalue weighted by Gasteiger charge is 2.57. The SMILES string of the molecule is C/C(CO)=C1\CCc2ccc(cc2)[C@@H]2C=C[C@@H](c3cccc([C@@]45CCCC[C@@H]4CCc4ccccc45)c3)C[C@H]2CC(=O)O[C@@H]2c3c(ccc4c(CO)c([C@H](CCO)COCO)c(=O)oc34)O[C@@](C)(C3CCCCC3)[C@H]2OC1=O. The van der Waals surface area contributed by atoms with Crippen LogP contribution in [0.25, 0.3) is 11.0 Å². The van der Waals surface area contributed by atoms with Crippen molar-refractivity contribution in [2.75, 3.05) is 26.6 Å². The Morgan fingerprint density at radius 2 is 1.59 bits per heavy atom. The number of benzene rings is 4. The smallest absolute Gasteiger partial charge is 0.340 e. The number of hydrogen-bond donors (Lipinski definition) is 4. The molecule has 4 aromatic carbocycles. The van der Waals surface area contributed by atoms with Crippen molar-refractivity contribution in [1.82, 2.24) is 0 Å². The Labute approximate surface area is 457 Å². The first-order valence-corrected chi connectivity index (χ1v) is 28.9. The summed E-state index contributed by atoms with van der Waals surface area (Å²) in [6.45, 7) is 1.64. The van der Waals surface area contributed by atoms with Gasteiger partial charge in [0.1, 0.15) is 23.7 Å². The van der Waals surface area contributed by atoms with E-state index in [0.717, 1.165) is 56.1 Å². The molecule has 12 rings (SSSR count). The van der Waals surface area contributed by atoms with E-state index in [-0.39, 0.29) is 90.4 Å². The van der Waals surface area contributed by atoms with Crippen molar-refractivity contribution in [3.63, 3.8) is 0 Å². The van der Waals surface area contributed by atoms with Gasteiger partial charge < -0.3 is 43.8 Å². The van der Waals surface area contributed by atoms with Crippen LogP contribution in [-0.2, 0) is 48.7 Å². The third-order valence-corrected chi connectivity index (χ3v) is 19.3. The summed E-state index contributed by atoms with van der Waals surface area (Å²) in [6.07, 6.45) is 15.1. The molecule has 0 radical (unpaired) electrons. The van der Waals surface area contributed by atoms with Crippen molar-refractivity contribution < 1.29 is 53.4 Å². The zero-order chi connectivity index (χ0) is 54.1. The molecule has 2 fully saturated rings. The van der Waals surface area contributed by atoms with Gasteiger partial charge in [-0.1, -0.05) is 117 Å². The number of carbonyl (C=O) groups is 2. The molecule has 1 aromatic heterocycles. The van der Waals surface area contributed by atoms with Gasteiger partial charge in [-0.3, -0.25) is 4.79 Å². The van der Waals surface area contributed by atoms with Gasteiger partial charge in [-0.15, -0.1) is 0 Å². The molecule has 4 aliphatic carbocycles. The third kappa shape index (κ3) is 9.99. The number of aliphatic hydroxyl groups excluding tert-OH is 4. The first-order chi connectivity index (χ1) is 38.0. The van der Waals surface area contributed by atoms with Crippen LogP contribution in [-0.4, -0.2) is 70.7 Å². The first kappa shape index (κ1) is 54.1. The van der Waals surface area contributed by atoms with Crippen molar-refractivity contribution in [2.45, 2.75) is 164 Å². The van der Waals surface area contributed by atoms with E-state index in [0.29, 0.717) is 41.0 Å². The van der Waals surface area contributed by atoms with Gasteiger partial charge in [-0.2, -0.15) is 0 Å². The molecule has 9 atom stereocenters. The van der Waals surface area contributed by atoms with Gasteiger partial charge in [0.15, 0.2) is 12.2 Å². The quantitative estimate of drug-likeness (QED) is 0.0323. The predicted molar refractivity (Wildman–Crippen MR) is 296 cm³/mol. The second-order valence-electron chi connectivity index (χ2n) is 23.5. The molecule has 0 unspecified atom stereocenters. The summed E-state index contributed by atoms with van der Waals surface area (Å²) in [4.78, 5) is 45.0. The Morgan fingerprint density at radius 1 is 0.795 bits per heavy atom. The molecule has 0 spiro atoms. The second-order valence-corrected chi connectivity index (χ2v) is 23.5. The summed E-state index contributed by atoms with van der Waals surface area (Å²) in [5.74, 6) is -1.52. The van der Waals surface area contributed by atoms with Crippen LogP contribution in [0.15, 0.2) is 117 Å². The topological polar surface area (TPSA) is 182 Å². The molecule has 0 amide bonds. The summed E-state index contributed by atoms with van der Waals surface area (Å²) < 4.78 is 32.6. The van der Waals surface area contributed by atoms with Crippen LogP contribution in [0.2, 0.25) is 0 Å². The van der Waals surface area contributed by atoms with E-state index in [1.54, 1.807) is 19.1 Å². The number of allylic oxidation sites excluding steroid dienone is 2. The Bertz CT molecular complexity index is 3130. The lowest BCUT2D eigenvalue weighted by Gasteiger charge is -2.50. The van der Waals surface area contributed by atoms with Gasteiger partial charge in [-0.25, -0.2) is 9.59 Å². The highest BCUT2D eigenvalue weighted by Crippen LogP contribution is 2.56. The minimum Gasteiger partial charge on any atom is -0.483 e. The number of carbonyl (C=O) groups excluding carboxylic acids is 2. The molecule has 0 saturated heterocycles. The zero-order valence-electron chi connectivity index (χ0n) is 45.3. The van der Waals surface area contributed by atoms with Crippen LogP contribution in [0.1, 0.15) is 178 Å². The average Bonchev–Trinajstić information content (AvgIpc) is 3.49. The first-order valence-electron chi connectivity index (χ1n) is 28.9. The summed E-state index contributed by atoms with van der Waals surface area (Å²) in [7, 11) is 0. The van der Waals surface area contributed by atoms with Crippen molar-refractivity contribution in [1.29, 1.82) is 0 Å². The van der Waals surface area contributed by atoms with E-state index >= 15 is 9.59 Å². The van der Waals surface area contributed by atoms with E-state index in [2.05, 4.69) is 84.9 Å². The summed E-state index contributed by atoms with van der Waals surface area (Å²) in [5.41, 5.74) is 6.84. The average molecular weight is 1060 g/mol. The second kappa shape index (κ2) is 23.1. The normalized spacial score (nSPS) is 28.5. The molecule has 4 N–H and O–H groups in total. The molecular formula is C66H76O12. The van der Waals surface area contributed by atoms with Gasteiger partial charge in [0, 0.05) is 58.6 Å². The van der Waals surface area contributed by atoms with Crippen LogP contribution in [0.5, 0.6) is 5.75 Å². The molecular weight excluding hydrogens is 985 g/mol. The van der Waals surface area contributed by atoms with Crippen LogP contribution in [0.3, 0.4) is 0 Å². The highest BCUT2D eigenvalue weighted by atomic mass is 16.6. The molecule has 7 aliphatic rings. The van der Waals surface area contributed by atoms with Crippen LogP contribution in [0.4, 0.5) is 0 Å². The lowest BCUT2D eigenvalue weighted by atomic mass is 9.54. The minimum atomic E-state index is -1.35. The lowest BCUT2D eigenvalue weighted by molar-refractivity contribution is -0.201. The minimum absolute atomic E-state index is 0.00924. The maximum Gasteiger partial charge on any atom is 0.340 e. The predicted octanol–water partition coefficient (Wildman–Crippen LogP) is 11.2. The fourth-order valence-electron chi connectivity index (χ4n) is 15.2. The van der Waals surface area contributed by atoms with E-state index < -0.39 is 54.7 Å². The van der Waals surface area contributed by atoms with Gasteiger partial charge in [-0.05, 0) is 147 Å². The third-order valence-electron chi connectivity index (χ3n) is 19.3. The number of aryl methyl sites for hydroxylation is 2. The van der Waals surface area contributed by atoms with Gasteiger partial charge in [0.25, 0.3) is 0 Å². The molecule has 12 heteroatoms. The van der Waals surface area contributed by atoms with E-state index in [9.17, 15) is 25.2 Å². The number of esters is 2. The Hall–Kier alpha value is -5.89. The molecule has 2 saturated carbocycles. The van der Waals surface area contributed by atoms with Gasteiger partial charge in [0.2, 0.25) is 0 Å². The van der Waals surface area contributed by atoms with Crippen molar-refractivity contribution in [2.24, 2.45) is 17.8 Å². The van der Waals surface area contributed by atoms with Gasteiger partial charge in [0.05, 0.1) is 25.4 Å². The number of fused-ring (bicyclic) bond motifs is 14. The molecule has 5 aromatic rings. The lowest BCUT2D eigenvalue weighted by Crippen LogP contribution is -2.58. The summed E-state index contributed by atoms with van der Waals surface area (Å²) in [6, 6.07) is 30.2. The van der Waals surface area contributed by atoms with Crippen LogP contribution < -0.4 is 10.4 Å². The monoisotopic (exact) mass is 1060 g/mol. The molecule has 4 heterocycles. The Morgan fingerprint density at radius 3 is 2.37 bits per heavy atom. The molecule has 412 valence electrons. The Balaban J connectivity index is 1.04. The fraction of sp³-hybridized carbons (Fsp3) is 0.500. The van der Waals surface area contributed by atoms with Gasteiger partial charge >= 0.3 is 17.6 Å². The summed E-state index contributed by atoms with van der Waals surface area (Å²) in [5, 5.41) is 41.7. The maximum atomic E-state index is 15.5. The van der Waals surface area contributed by atoms with E-state index in [4.69, 9.17) is 23.4 Å². The van der Waals surface area contributed by atoms with Crippen molar-refractivity contribution in [3.05, 3.63) is 169 Å². The van der Waals surface area contributed by atoms with E-state index in [1.165, 1.54) is 47.9 Å². The standard InChI is InChI=1S/C66H76O12/c1-40(36-68)51-26-20-41-18-21-42(22-19-41)52-27-24-45(44-12-10-16-50(34-44)66-31-9-8-15-49(66)25-23-43-11-6-7-17-55(43)66)33-47(52)35-57(71)75-61-59-56(78-65(2,62(61)77-63(51)72)48-13-4-3-5-14-48)29-28-53-54(37-69)58(64(73)76-60(53)59)46(30-32-67)38-74-39-70/h6-7,10-12,16-19,21-22,24,27-29,34,45-49,52,61-62,67-70H,3-5,8-9,13-15,20,23,25-26,30-33,35-39H2,1-2H3/b51-40-/t45-,46-,47+,49-,52+,61-,62+,65+,66-/m1/s1. The van der Waals surface area contributed by atoms with Crippen LogP contribution in [0, 0.1) is 17.8 Å². The number of hydrogen-bond acceptors (Lipinski definition) is 12. The fourth-order valence-corrected chi connectivity index (χ4v) is 15.2. The highest BCUT2D eigenvalue weighted by molar-refractivity contribution is 5.90. The molecule has 3 aliphatic heterocycles. The largest absolute Gasteiger partial charge is 0.483 e. The molecule has 78 heavy (non-hydrogen) atoms. The summed E-state index contributed by atoms with van der Waals surface area (Å²) >= 11 is 0. The molecule has 2 bridgehead atoms. The maximum absolute atomic E-state index is 15.5.